The lowest BCUT2D eigenvalue weighted by atomic mass is 10.1. The third-order valence-electron chi connectivity index (χ3n) is 1.51. The summed E-state index contributed by atoms with van der Waals surface area (Å²) < 4.78 is 0. The maximum Gasteiger partial charge on any atom is 0.0548 e. The summed E-state index contributed by atoms with van der Waals surface area (Å²) in [5.41, 5.74) is 13.8. The lowest BCUT2D eigenvalue weighted by Gasteiger charge is -2.03. The fourth-order valence-corrected chi connectivity index (χ4v) is 0.892. The van der Waals surface area contributed by atoms with Crippen molar-refractivity contribution in [2.45, 2.75) is 13.5 Å². The highest BCUT2D eigenvalue weighted by Gasteiger charge is 1.98. The zero-order valence-corrected chi connectivity index (χ0v) is 5.96. The van der Waals surface area contributed by atoms with Gasteiger partial charge in [0, 0.05) is 12.7 Å². The molecule has 0 radical (unpaired) electrons. The minimum Gasteiger partial charge on any atom is -0.397 e. The fraction of sp³-hybridized carbons (Fsp3) is 0.286. The van der Waals surface area contributed by atoms with E-state index in [1.54, 1.807) is 12.4 Å². The summed E-state index contributed by atoms with van der Waals surface area (Å²) in [6.45, 7) is 2.44. The summed E-state index contributed by atoms with van der Waals surface area (Å²) in [6, 6.07) is 0. The van der Waals surface area contributed by atoms with E-state index in [2.05, 4.69) is 4.98 Å². The van der Waals surface area contributed by atoms with Crippen molar-refractivity contribution in [1.82, 2.24) is 4.98 Å². The second-order valence-electron chi connectivity index (χ2n) is 2.23. The number of nitrogens with two attached hydrogens (primary N) is 2. The first-order valence-corrected chi connectivity index (χ1v) is 3.14. The van der Waals surface area contributed by atoms with E-state index in [0.29, 0.717) is 12.2 Å². The Bertz CT molecular complexity index is 212. The Morgan fingerprint density at radius 2 is 2.20 bits per heavy atom. The van der Waals surface area contributed by atoms with Crippen LogP contribution in [0.1, 0.15) is 11.1 Å². The molecule has 3 nitrogen and oxygen atoms in total. The number of hydrogen-bond acceptors (Lipinski definition) is 3. The van der Waals surface area contributed by atoms with E-state index >= 15 is 0 Å². The highest BCUT2D eigenvalue weighted by atomic mass is 14.7. The molecule has 0 aliphatic carbocycles. The molecule has 0 unspecified atom stereocenters. The molecule has 3 heteroatoms. The summed E-state index contributed by atoms with van der Waals surface area (Å²) in [6.07, 6.45) is 3.38. The molecular weight excluding hydrogens is 126 g/mol. The predicted octanol–water partition coefficient (Wildman–Crippen LogP) is 0.431. The van der Waals surface area contributed by atoms with Crippen LogP contribution in [0, 0.1) is 6.92 Å². The highest BCUT2D eigenvalue weighted by Crippen LogP contribution is 2.12. The summed E-state index contributed by atoms with van der Waals surface area (Å²) in [5.74, 6) is 0. The Morgan fingerprint density at radius 3 is 2.60 bits per heavy atom. The Balaban J connectivity index is 3.17. The lowest BCUT2D eigenvalue weighted by molar-refractivity contribution is 1.04. The molecule has 0 atom stereocenters. The largest absolute Gasteiger partial charge is 0.397 e. The number of aromatic nitrogens is 1. The topological polar surface area (TPSA) is 64.9 Å². The maximum absolute atomic E-state index is 5.59. The van der Waals surface area contributed by atoms with Gasteiger partial charge >= 0.3 is 0 Å². The van der Waals surface area contributed by atoms with Crippen LogP contribution in [0.5, 0.6) is 0 Å². The second kappa shape index (κ2) is 2.66. The Hall–Kier alpha value is -1.09. The van der Waals surface area contributed by atoms with Gasteiger partial charge in [0.1, 0.15) is 0 Å². The molecule has 1 heterocycles. The zero-order chi connectivity index (χ0) is 7.56. The van der Waals surface area contributed by atoms with Crippen LogP contribution < -0.4 is 11.5 Å². The molecule has 0 amide bonds. The monoisotopic (exact) mass is 137 g/mol. The summed E-state index contributed by atoms with van der Waals surface area (Å²) in [4.78, 5) is 3.91. The van der Waals surface area contributed by atoms with Crippen LogP contribution in [0.15, 0.2) is 12.4 Å². The summed E-state index contributed by atoms with van der Waals surface area (Å²) in [7, 11) is 0. The van der Waals surface area contributed by atoms with E-state index in [1.807, 2.05) is 6.92 Å². The van der Waals surface area contributed by atoms with Crippen molar-refractivity contribution in [3.63, 3.8) is 0 Å². The molecule has 1 aromatic rings. The Kier molecular flexibility index (Phi) is 1.87. The fourth-order valence-electron chi connectivity index (χ4n) is 0.892. The number of nitrogens with zero attached hydrogens (tertiary/aromatic N) is 1. The minimum atomic E-state index is 0.486. The predicted molar refractivity (Wildman–Crippen MR) is 41.3 cm³/mol. The molecule has 10 heavy (non-hydrogen) atoms. The standard InChI is InChI=1S/C7H11N3/c1-5-3-10-4-7(9)6(5)2-8/h3-4H,2,8-9H2,1H3. The van der Waals surface area contributed by atoms with E-state index in [-0.39, 0.29) is 0 Å². The van der Waals surface area contributed by atoms with Crippen LogP contribution in [0.4, 0.5) is 5.69 Å². The highest BCUT2D eigenvalue weighted by molar-refractivity contribution is 5.47. The maximum atomic E-state index is 5.59. The van der Waals surface area contributed by atoms with E-state index in [9.17, 15) is 0 Å². The van der Waals surface area contributed by atoms with E-state index in [1.165, 1.54) is 0 Å². The zero-order valence-electron chi connectivity index (χ0n) is 5.96. The van der Waals surface area contributed by atoms with Gasteiger partial charge in [-0.1, -0.05) is 0 Å². The molecule has 0 fully saturated rings. The molecule has 0 saturated carbocycles. The molecule has 0 aliphatic heterocycles. The lowest BCUT2D eigenvalue weighted by Crippen LogP contribution is -2.04. The van der Waals surface area contributed by atoms with Crippen molar-refractivity contribution in [3.8, 4) is 0 Å². The molecule has 0 bridgehead atoms. The number of anilines is 1. The van der Waals surface area contributed by atoms with Gasteiger partial charge < -0.3 is 11.5 Å². The van der Waals surface area contributed by atoms with Crippen molar-refractivity contribution in [2.75, 3.05) is 5.73 Å². The van der Waals surface area contributed by atoms with Gasteiger partial charge in [-0.15, -0.1) is 0 Å². The van der Waals surface area contributed by atoms with Crippen LogP contribution in [-0.4, -0.2) is 4.98 Å². The van der Waals surface area contributed by atoms with Crippen LogP contribution in [-0.2, 0) is 6.54 Å². The van der Waals surface area contributed by atoms with E-state index < -0.39 is 0 Å². The number of hydrogen-bond donors (Lipinski definition) is 2. The van der Waals surface area contributed by atoms with Crippen LogP contribution >= 0.6 is 0 Å². The van der Waals surface area contributed by atoms with Gasteiger partial charge in [-0.2, -0.15) is 0 Å². The molecule has 0 aromatic carbocycles. The normalized spacial score (nSPS) is 9.80. The third-order valence-corrected chi connectivity index (χ3v) is 1.51. The van der Waals surface area contributed by atoms with Crippen LogP contribution in [0.25, 0.3) is 0 Å². The Labute approximate surface area is 60.1 Å². The van der Waals surface area contributed by atoms with Gasteiger partial charge in [-0.05, 0) is 18.1 Å². The van der Waals surface area contributed by atoms with Crippen LogP contribution in [0.3, 0.4) is 0 Å². The smallest absolute Gasteiger partial charge is 0.0548 e. The number of nitrogen functional groups attached to an aromatic ring is 1. The van der Waals surface area contributed by atoms with Crippen molar-refractivity contribution in [3.05, 3.63) is 23.5 Å². The molecule has 54 valence electrons. The third kappa shape index (κ3) is 1.09. The van der Waals surface area contributed by atoms with E-state index in [0.717, 1.165) is 11.1 Å². The minimum absolute atomic E-state index is 0.486. The summed E-state index contributed by atoms with van der Waals surface area (Å²) in [5, 5.41) is 0. The Morgan fingerprint density at radius 1 is 1.50 bits per heavy atom. The first-order valence-electron chi connectivity index (χ1n) is 3.14. The number of aryl methyl sites for hydroxylation is 1. The SMILES string of the molecule is Cc1cncc(N)c1CN. The average molecular weight is 137 g/mol. The average Bonchev–Trinajstić information content (AvgIpc) is 1.88. The van der Waals surface area contributed by atoms with E-state index in [4.69, 9.17) is 11.5 Å². The molecule has 1 aromatic heterocycles. The van der Waals surface area contributed by atoms with Gasteiger partial charge in [0.05, 0.1) is 11.9 Å². The first kappa shape index (κ1) is 7.02. The van der Waals surface area contributed by atoms with Gasteiger partial charge in [0.2, 0.25) is 0 Å². The van der Waals surface area contributed by atoms with Gasteiger partial charge in [-0.25, -0.2) is 0 Å². The van der Waals surface area contributed by atoms with Gasteiger partial charge in [0.15, 0.2) is 0 Å². The van der Waals surface area contributed by atoms with Gasteiger partial charge in [-0.3, -0.25) is 4.98 Å². The molecule has 0 spiro atoms. The van der Waals surface area contributed by atoms with Crippen molar-refractivity contribution in [1.29, 1.82) is 0 Å². The second-order valence-corrected chi connectivity index (χ2v) is 2.23. The molecule has 0 aliphatic rings. The molecule has 0 saturated heterocycles. The molecular formula is C7H11N3. The number of pyridine rings is 1. The molecule has 1 rings (SSSR count). The molecule has 4 N–H and O–H groups in total. The number of rotatable bonds is 1. The van der Waals surface area contributed by atoms with Crippen LogP contribution in [0.2, 0.25) is 0 Å². The van der Waals surface area contributed by atoms with Crippen molar-refractivity contribution >= 4 is 5.69 Å². The quantitative estimate of drug-likeness (QED) is 0.590. The van der Waals surface area contributed by atoms with Crippen molar-refractivity contribution < 1.29 is 0 Å². The van der Waals surface area contributed by atoms with Gasteiger partial charge in [0.25, 0.3) is 0 Å². The summed E-state index contributed by atoms with van der Waals surface area (Å²) >= 11 is 0. The van der Waals surface area contributed by atoms with Crippen molar-refractivity contribution in [2.24, 2.45) is 5.73 Å². The first-order chi connectivity index (χ1) is 4.75.